The number of hydrogen-bond donors (Lipinski definition) is 1. The summed E-state index contributed by atoms with van der Waals surface area (Å²) < 4.78 is 5.70. The molecule has 1 rings (SSSR count). The van der Waals surface area contributed by atoms with Gasteiger partial charge in [-0.15, -0.1) is 0 Å². The number of carbonyl (C=O) groups excluding carboxylic acids is 2. The standard InChI is InChI=1S/C13H16ClNO4/c1-4-19-13(18)8(2)10-6-5-7-11(12(10)17)15(14)9(3)16/h5-8,17H,4H2,1-3H3. The maximum Gasteiger partial charge on any atom is 0.313 e. The highest BCUT2D eigenvalue weighted by molar-refractivity contribution is 6.36. The van der Waals surface area contributed by atoms with Crippen molar-refractivity contribution in [2.45, 2.75) is 26.7 Å². The summed E-state index contributed by atoms with van der Waals surface area (Å²) in [5.41, 5.74) is 0.505. The number of phenols is 1. The van der Waals surface area contributed by atoms with Crippen LogP contribution in [0.4, 0.5) is 5.69 Å². The van der Waals surface area contributed by atoms with Gasteiger partial charge in [-0.1, -0.05) is 12.1 Å². The topological polar surface area (TPSA) is 66.8 Å². The van der Waals surface area contributed by atoms with Crippen molar-refractivity contribution >= 4 is 29.3 Å². The Labute approximate surface area is 116 Å². The maximum absolute atomic E-state index is 11.7. The lowest BCUT2D eigenvalue weighted by Crippen LogP contribution is -2.18. The third kappa shape index (κ3) is 3.38. The fourth-order valence-corrected chi connectivity index (χ4v) is 1.76. The second-order valence-electron chi connectivity index (χ2n) is 3.99. The van der Waals surface area contributed by atoms with Gasteiger partial charge in [0.2, 0.25) is 5.91 Å². The number of carbonyl (C=O) groups is 2. The minimum atomic E-state index is -0.642. The molecule has 6 heteroatoms. The highest BCUT2D eigenvalue weighted by Gasteiger charge is 2.23. The van der Waals surface area contributed by atoms with Crippen molar-refractivity contribution in [2.24, 2.45) is 0 Å². The Morgan fingerprint density at radius 1 is 1.47 bits per heavy atom. The second-order valence-corrected chi connectivity index (χ2v) is 4.33. The van der Waals surface area contributed by atoms with E-state index in [1.165, 1.54) is 13.0 Å². The molecule has 0 aliphatic carbocycles. The molecule has 5 nitrogen and oxygen atoms in total. The lowest BCUT2D eigenvalue weighted by molar-refractivity contribution is -0.144. The van der Waals surface area contributed by atoms with Gasteiger partial charge in [0, 0.05) is 24.3 Å². The smallest absolute Gasteiger partial charge is 0.313 e. The van der Waals surface area contributed by atoms with Gasteiger partial charge < -0.3 is 9.84 Å². The lowest BCUT2D eigenvalue weighted by atomic mass is 9.99. The number of esters is 1. The Hall–Kier alpha value is -1.75. The SMILES string of the molecule is CCOC(=O)C(C)c1cccc(N(Cl)C(C)=O)c1O. The van der Waals surface area contributed by atoms with Crippen LogP contribution in [0.3, 0.4) is 0 Å². The van der Waals surface area contributed by atoms with Crippen LogP contribution in [0.15, 0.2) is 18.2 Å². The third-order valence-electron chi connectivity index (χ3n) is 2.64. The summed E-state index contributed by atoms with van der Waals surface area (Å²) in [5.74, 6) is -1.72. The zero-order valence-electron chi connectivity index (χ0n) is 11.0. The zero-order valence-corrected chi connectivity index (χ0v) is 11.8. The molecular formula is C13H16ClNO4. The van der Waals surface area contributed by atoms with Crippen LogP contribution in [0.2, 0.25) is 0 Å². The fourth-order valence-electron chi connectivity index (χ4n) is 1.62. The first kappa shape index (κ1) is 15.3. The molecule has 104 valence electrons. The molecule has 1 unspecified atom stereocenters. The summed E-state index contributed by atoms with van der Waals surface area (Å²) in [6, 6.07) is 4.69. The van der Waals surface area contributed by atoms with Gasteiger partial charge in [0.05, 0.1) is 12.5 Å². The predicted octanol–water partition coefficient (Wildman–Crippen LogP) is 2.57. The number of nitrogens with zero attached hydrogens (tertiary/aromatic N) is 1. The van der Waals surface area contributed by atoms with Crippen LogP contribution in [-0.4, -0.2) is 23.6 Å². The molecule has 0 heterocycles. The normalized spacial score (nSPS) is 11.8. The summed E-state index contributed by atoms with van der Waals surface area (Å²) in [5, 5.41) is 10.1. The molecular weight excluding hydrogens is 270 g/mol. The van der Waals surface area contributed by atoms with E-state index in [4.69, 9.17) is 16.5 Å². The van der Waals surface area contributed by atoms with E-state index >= 15 is 0 Å². The average molecular weight is 286 g/mol. The van der Waals surface area contributed by atoms with Crippen LogP contribution in [-0.2, 0) is 14.3 Å². The Morgan fingerprint density at radius 2 is 2.11 bits per heavy atom. The molecule has 1 amide bonds. The molecule has 1 aromatic carbocycles. The molecule has 0 radical (unpaired) electrons. The highest BCUT2D eigenvalue weighted by atomic mass is 35.5. The number of para-hydroxylation sites is 1. The molecule has 0 aliphatic heterocycles. The molecule has 1 aromatic rings. The Balaban J connectivity index is 3.14. The molecule has 0 fully saturated rings. The van der Waals surface area contributed by atoms with Gasteiger partial charge in [-0.25, -0.2) is 4.42 Å². The summed E-state index contributed by atoms with van der Waals surface area (Å²) in [7, 11) is 0. The van der Waals surface area contributed by atoms with Crippen LogP contribution in [0, 0.1) is 0 Å². The van der Waals surface area contributed by atoms with Crippen molar-refractivity contribution in [3.05, 3.63) is 23.8 Å². The predicted molar refractivity (Wildman–Crippen MR) is 72.2 cm³/mol. The van der Waals surface area contributed by atoms with Crippen LogP contribution >= 0.6 is 11.8 Å². The van der Waals surface area contributed by atoms with E-state index in [-0.39, 0.29) is 18.0 Å². The first-order chi connectivity index (χ1) is 8.90. The van der Waals surface area contributed by atoms with Crippen molar-refractivity contribution in [3.63, 3.8) is 0 Å². The number of ether oxygens (including phenoxy) is 1. The van der Waals surface area contributed by atoms with Crippen LogP contribution in [0.25, 0.3) is 0 Å². The van der Waals surface area contributed by atoms with Gasteiger partial charge in [-0.05, 0) is 19.9 Å². The molecule has 19 heavy (non-hydrogen) atoms. The summed E-state index contributed by atoms with van der Waals surface area (Å²) in [6.45, 7) is 4.85. The quantitative estimate of drug-likeness (QED) is 0.682. The van der Waals surface area contributed by atoms with Gasteiger partial charge in [0.15, 0.2) is 0 Å². The average Bonchev–Trinajstić information content (AvgIpc) is 2.37. The fraction of sp³-hybridized carbons (Fsp3) is 0.385. The van der Waals surface area contributed by atoms with E-state index in [2.05, 4.69) is 0 Å². The first-order valence-corrected chi connectivity index (χ1v) is 6.18. The molecule has 0 saturated carbocycles. The van der Waals surface area contributed by atoms with Gasteiger partial charge >= 0.3 is 5.97 Å². The Kier molecular flexibility index (Phi) is 5.18. The number of aromatic hydroxyl groups is 1. The van der Waals surface area contributed by atoms with Crippen molar-refractivity contribution in [3.8, 4) is 5.75 Å². The number of halogens is 1. The van der Waals surface area contributed by atoms with Gasteiger partial charge in [-0.3, -0.25) is 9.59 Å². The number of rotatable bonds is 4. The lowest BCUT2D eigenvalue weighted by Gasteiger charge is -2.18. The largest absolute Gasteiger partial charge is 0.505 e. The number of amides is 1. The van der Waals surface area contributed by atoms with Gasteiger partial charge in [-0.2, -0.15) is 0 Å². The second kappa shape index (κ2) is 6.43. The van der Waals surface area contributed by atoms with Gasteiger partial charge in [0.1, 0.15) is 11.4 Å². The third-order valence-corrected chi connectivity index (χ3v) is 3.06. The number of hydrogen-bond acceptors (Lipinski definition) is 4. The molecule has 0 aromatic heterocycles. The van der Waals surface area contributed by atoms with Crippen LogP contribution in [0.1, 0.15) is 32.3 Å². The maximum atomic E-state index is 11.7. The summed E-state index contributed by atoms with van der Waals surface area (Å²) in [6.07, 6.45) is 0. The van der Waals surface area contributed by atoms with Crippen LogP contribution < -0.4 is 4.42 Å². The molecule has 0 spiro atoms. The molecule has 0 aliphatic rings. The minimum Gasteiger partial charge on any atom is -0.505 e. The minimum absolute atomic E-state index is 0.141. The van der Waals surface area contributed by atoms with E-state index < -0.39 is 17.8 Å². The van der Waals surface area contributed by atoms with Crippen molar-refractivity contribution in [1.82, 2.24) is 0 Å². The summed E-state index contributed by atoms with van der Waals surface area (Å²) in [4.78, 5) is 22.9. The van der Waals surface area contributed by atoms with E-state index in [0.717, 1.165) is 4.42 Å². The number of benzene rings is 1. The van der Waals surface area contributed by atoms with Crippen molar-refractivity contribution < 1.29 is 19.4 Å². The molecule has 1 atom stereocenters. The first-order valence-electron chi connectivity index (χ1n) is 5.85. The zero-order chi connectivity index (χ0) is 14.6. The van der Waals surface area contributed by atoms with Crippen LogP contribution in [0.5, 0.6) is 5.75 Å². The monoisotopic (exact) mass is 285 g/mol. The molecule has 0 bridgehead atoms. The molecule has 1 N–H and O–H groups in total. The Bertz CT molecular complexity index is 490. The number of anilines is 1. The summed E-state index contributed by atoms with van der Waals surface area (Å²) >= 11 is 5.77. The van der Waals surface area contributed by atoms with E-state index in [1.807, 2.05) is 0 Å². The van der Waals surface area contributed by atoms with Gasteiger partial charge in [0.25, 0.3) is 0 Å². The van der Waals surface area contributed by atoms with Crippen molar-refractivity contribution in [2.75, 3.05) is 11.0 Å². The highest BCUT2D eigenvalue weighted by Crippen LogP contribution is 2.36. The number of phenolic OH excluding ortho intramolecular Hbond substituents is 1. The van der Waals surface area contributed by atoms with E-state index in [0.29, 0.717) is 5.56 Å². The van der Waals surface area contributed by atoms with E-state index in [9.17, 15) is 14.7 Å². The molecule has 0 saturated heterocycles. The van der Waals surface area contributed by atoms with Crippen molar-refractivity contribution in [1.29, 1.82) is 0 Å². The van der Waals surface area contributed by atoms with E-state index in [1.54, 1.807) is 26.0 Å². The Morgan fingerprint density at radius 3 is 2.63 bits per heavy atom.